The smallest absolute Gasteiger partial charge is 0.265 e. The molecule has 0 aliphatic rings. The average Bonchev–Trinajstić information content (AvgIpc) is 2.69. The van der Waals surface area contributed by atoms with Crippen LogP contribution in [0.1, 0.15) is 18.2 Å². The number of aromatic nitrogens is 1. The van der Waals surface area contributed by atoms with E-state index in [0.29, 0.717) is 27.2 Å². The first kappa shape index (κ1) is 19.8. The third kappa shape index (κ3) is 5.50. The second-order valence-electron chi connectivity index (χ2n) is 5.87. The highest BCUT2D eigenvalue weighted by molar-refractivity contribution is 6.35. The zero-order chi connectivity index (χ0) is 19.9. The van der Waals surface area contributed by atoms with Crippen LogP contribution in [0.2, 0.25) is 10.0 Å². The highest BCUT2D eigenvalue weighted by Crippen LogP contribution is 2.28. The van der Waals surface area contributed by atoms with Crippen LogP contribution in [0.25, 0.3) is 0 Å². The van der Waals surface area contributed by atoms with E-state index in [9.17, 15) is 4.79 Å². The number of anilines is 1. The molecule has 0 saturated carbocycles. The minimum Gasteiger partial charge on any atom is -0.479 e. The van der Waals surface area contributed by atoms with Gasteiger partial charge in [0.25, 0.3) is 5.91 Å². The van der Waals surface area contributed by atoms with Crippen molar-refractivity contribution < 1.29 is 9.53 Å². The van der Waals surface area contributed by atoms with Gasteiger partial charge < -0.3 is 10.1 Å². The number of rotatable bonds is 4. The molecule has 0 fully saturated rings. The normalized spacial score (nSPS) is 11.1. The molecule has 2 aromatic carbocycles. The summed E-state index contributed by atoms with van der Waals surface area (Å²) in [6.07, 6.45) is 0.941. The Balaban J connectivity index is 1.66. The average molecular weight is 411 g/mol. The van der Waals surface area contributed by atoms with Gasteiger partial charge in [-0.1, -0.05) is 41.3 Å². The maximum absolute atomic E-state index is 12.4. The van der Waals surface area contributed by atoms with Crippen LogP contribution >= 0.6 is 23.2 Å². The van der Waals surface area contributed by atoms with Crippen molar-refractivity contribution in [2.45, 2.75) is 13.0 Å². The third-order valence-corrected chi connectivity index (χ3v) is 4.23. The van der Waals surface area contributed by atoms with E-state index in [2.05, 4.69) is 22.1 Å². The van der Waals surface area contributed by atoms with Gasteiger partial charge in [0, 0.05) is 22.5 Å². The van der Waals surface area contributed by atoms with E-state index in [1.165, 1.54) is 0 Å². The molecular weight excluding hydrogens is 395 g/mol. The summed E-state index contributed by atoms with van der Waals surface area (Å²) in [6.45, 7) is 1.64. The summed E-state index contributed by atoms with van der Waals surface area (Å²) in [7, 11) is 0. The van der Waals surface area contributed by atoms with Crippen molar-refractivity contribution in [3.63, 3.8) is 0 Å². The van der Waals surface area contributed by atoms with Gasteiger partial charge in [-0.05, 0) is 61.4 Å². The van der Waals surface area contributed by atoms with Crippen LogP contribution in [-0.4, -0.2) is 17.0 Å². The number of halogens is 2. The molecule has 0 aliphatic heterocycles. The quantitative estimate of drug-likeness (QED) is 0.601. The van der Waals surface area contributed by atoms with Gasteiger partial charge in [0.1, 0.15) is 11.4 Å². The van der Waals surface area contributed by atoms with Crippen molar-refractivity contribution in [2.75, 3.05) is 5.32 Å². The van der Waals surface area contributed by atoms with Gasteiger partial charge in [-0.3, -0.25) is 4.79 Å². The molecule has 1 amide bonds. The van der Waals surface area contributed by atoms with E-state index >= 15 is 0 Å². The summed E-state index contributed by atoms with van der Waals surface area (Å²) in [4.78, 5) is 16.6. The fraction of sp³-hybridized carbons (Fsp3) is 0.0909. The van der Waals surface area contributed by atoms with Gasteiger partial charge in [0.05, 0.1) is 5.02 Å². The lowest BCUT2D eigenvalue weighted by molar-refractivity contribution is -0.122. The molecule has 28 heavy (non-hydrogen) atoms. The summed E-state index contributed by atoms with van der Waals surface area (Å²) < 4.78 is 5.63. The minimum absolute atomic E-state index is 0.305. The van der Waals surface area contributed by atoms with Crippen LogP contribution in [0.4, 0.5) is 5.69 Å². The number of ether oxygens (including phenoxy) is 1. The van der Waals surface area contributed by atoms with Gasteiger partial charge in [-0.25, -0.2) is 4.98 Å². The highest BCUT2D eigenvalue weighted by atomic mass is 35.5. The van der Waals surface area contributed by atoms with Crippen LogP contribution in [-0.2, 0) is 4.79 Å². The topological polar surface area (TPSA) is 51.2 Å². The second-order valence-corrected chi connectivity index (χ2v) is 6.71. The number of amides is 1. The molecule has 140 valence electrons. The van der Waals surface area contributed by atoms with Crippen LogP contribution in [0, 0.1) is 11.8 Å². The molecule has 1 N–H and O–H groups in total. The maximum atomic E-state index is 12.4. The third-order valence-electron chi connectivity index (χ3n) is 3.70. The lowest BCUT2D eigenvalue weighted by atomic mass is 10.2. The van der Waals surface area contributed by atoms with Crippen molar-refractivity contribution in [2.24, 2.45) is 0 Å². The zero-order valence-electron chi connectivity index (χ0n) is 14.9. The van der Waals surface area contributed by atoms with Crippen LogP contribution in [0.3, 0.4) is 0 Å². The molecule has 4 nitrogen and oxygen atoms in total. The monoisotopic (exact) mass is 410 g/mol. The SMILES string of the molecule is CC(Oc1ccc(Cl)cc1Cl)C(=O)Nc1cccc(C#Cc2ccccn2)c1. The van der Waals surface area contributed by atoms with Gasteiger partial charge in [-0.2, -0.15) is 0 Å². The molecule has 1 heterocycles. The Hall–Kier alpha value is -3.00. The number of hydrogen-bond donors (Lipinski definition) is 1. The first-order chi connectivity index (χ1) is 13.5. The summed E-state index contributed by atoms with van der Waals surface area (Å²) in [5.74, 6) is 6.10. The Morgan fingerprint density at radius 1 is 1.07 bits per heavy atom. The van der Waals surface area contributed by atoms with E-state index < -0.39 is 6.10 Å². The molecule has 0 aliphatic carbocycles. The molecule has 1 unspecified atom stereocenters. The molecule has 3 rings (SSSR count). The van der Waals surface area contributed by atoms with Gasteiger partial charge in [0.15, 0.2) is 6.10 Å². The van der Waals surface area contributed by atoms with E-state index in [4.69, 9.17) is 27.9 Å². The first-order valence-corrected chi connectivity index (χ1v) is 9.22. The second kappa shape index (κ2) is 9.27. The predicted octanol–water partition coefficient (Wildman–Crippen LogP) is 5.19. The molecule has 0 spiro atoms. The van der Waals surface area contributed by atoms with Crippen LogP contribution < -0.4 is 10.1 Å². The first-order valence-electron chi connectivity index (χ1n) is 8.47. The molecule has 6 heteroatoms. The van der Waals surface area contributed by atoms with E-state index in [1.807, 2.05) is 30.3 Å². The van der Waals surface area contributed by atoms with Crippen molar-refractivity contribution in [3.8, 4) is 17.6 Å². The van der Waals surface area contributed by atoms with E-state index in [0.717, 1.165) is 5.56 Å². The number of benzene rings is 2. The van der Waals surface area contributed by atoms with Crippen LogP contribution in [0.15, 0.2) is 66.9 Å². The molecule has 0 saturated heterocycles. The Morgan fingerprint density at radius 3 is 2.68 bits per heavy atom. The van der Waals surface area contributed by atoms with Gasteiger partial charge >= 0.3 is 0 Å². The summed E-state index contributed by atoms with van der Waals surface area (Å²) in [5, 5.41) is 3.66. The standard InChI is InChI=1S/C22H16Cl2N2O2/c1-15(28-21-11-9-17(23)14-20(21)24)22(27)26-19-7-4-5-16(13-19)8-10-18-6-2-3-12-25-18/h2-7,9,11-15H,1H3,(H,26,27). The number of hydrogen-bond acceptors (Lipinski definition) is 3. The zero-order valence-corrected chi connectivity index (χ0v) is 16.5. The summed E-state index contributed by atoms with van der Waals surface area (Å²) >= 11 is 12.0. The van der Waals surface area contributed by atoms with E-state index in [-0.39, 0.29) is 5.91 Å². The minimum atomic E-state index is -0.748. The largest absolute Gasteiger partial charge is 0.479 e. The summed E-state index contributed by atoms with van der Waals surface area (Å²) in [6, 6.07) is 17.6. The lowest BCUT2D eigenvalue weighted by Gasteiger charge is -2.16. The Kier molecular flexibility index (Phi) is 6.54. The van der Waals surface area contributed by atoms with Crippen molar-refractivity contribution >= 4 is 34.8 Å². The van der Waals surface area contributed by atoms with E-state index in [1.54, 1.807) is 43.5 Å². The fourth-order valence-corrected chi connectivity index (χ4v) is 2.76. The maximum Gasteiger partial charge on any atom is 0.265 e. The van der Waals surface area contributed by atoms with Crippen molar-refractivity contribution in [1.82, 2.24) is 4.98 Å². The van der Waals surface area contributed by atoms with Gasteiger partial charge in [0.2, 0.25) is 0 Å². The Morgan fingerprint density at radius 2 is 1.93 bits per heavy atom. The number of nitrogens with zero attached hydrogens (tertiary/aromatic N) is 1. The Bertz CT molecular complexity index is 1040. The number of carbonyl (C=O) groups is 1. The Labute approximate surface area is 173 Å². The lowest BCUT2D eigenvalue weighted by Crippen LogP contribution is -2.30. The van der Waals surface area contributed by atoms with Crippen molar-refractivity contribution in [3.05, 3.63) is 88.2 Å². The van der Waals surface area contributed by atoms with Gasteiger partial charge in [-0.15, -0.1) is 0 Å². The number of nitrogens with one attached hydrogen (secondary N) is 1. The summed E-state index contributed by atoms with van der Waals surface area (Å²) in [5.41, 5.74) is 2.06. The fourth-order valence-electron chi connectivity index (χ4n) is 2.31. The molecule has 0 bridgehead atoms. The van der Waals surface area contributed by atoms with Crippen LogP contribution in [0.5, 0.6) is 5.75 Å². The number of carbonyl (C=O) groups excluding carboxylic acids is 1. The number of pyridine rings is 1. The highest BCUT2D eigenvalue weighted by Gasteiger charge is 2.16. The molecular formula is C22H16Cl2N2O2. The molecule has 0 radical (unpaired) electrons. The molecule has 1 atom stereocenters. The molecule has 1 aromatic heterocycles. The predicted molar refractivity (Wildman–Crippen MR) is 112 cm³/mol. The molecule has 3 aromatic rings. The van der Waals surface area contributed by atoms with Crippen molar-refractivity contribution in [1.29, 1.82) is 0 Å².